The van der Waals surface area contributed by atoms with Gasteiger partial charge in [0.1, 0.15) is 11.4 Å². The molecule has 0 unspecified atom stereocenters. The molecule has 0 radical (unpaired) electrons. The second-order valence-corrected chi connectivity index (χ2v) is 7.59. The summed E-state index contributed by atoms with van der Waals surface area (Å²) in [5.74, 6) is 0.00306. The summed E-state index contributed by atoms with van der Waals surface area (Å²) in [6, 6.07) is 5.45. The van der Waals surface area contributed by atoms with Crippen LogP contribution in [-0.2, 0) is 4.79 Å². The summed E-state index contributed by atoms with van der Waals surface area (Å²) >= 11 is 5.53. The highest BCUT2D eigenvalue weighted by atomic mass is 32.1. The van der Waals surface area contributed by atoms with Gasteiger partial charge in [0.05, 0.1) is 6.61 Å². The quantitative estimate of drug-likeness (QED) is 0.596. The van der Waals surface area contributed by atoms with Gasteiger partial charge >= 0.3 is 0 Å². The third-order valence-corrected chi connectivity index (χ3v) is 5.89. The van der Waals surface area contributed by atoms with Crippen molar-refractivity contribution in [2.45, 2.75) is 38.1 Å². The van der Waals surface area contributed by atoms with Gasteiger partial charge in [-0.2, -0.15) is 0 Å². The minimum atomic E-state index is -0.0877. The summed E-state index contributed by atoms with van der Waals surface area (Å²) in [6.45, 7) is 0.516. The Labute approximate surface area is 165 Å². The van der Waals surface area contributed by atoms with Gasteiger partial charge in [0.15, 0.2) is 5.11 Å². The molecule has 0 spiro atoms. The molecule has 1 aliphatic carbocycles. The van der Waals surface area contributed by atoms with Gasteiger partial charge in [0.2, 0.25) is 0 Å². The predicted molar refractivity (Wildman–Crippen MR) is 111 cm³/mol. The lowest BCUT2D eigenvalue weighted by Crippen LogP contribution is -2.41. The smallest absolute Gasteiger partial charge is 0.277 e. The summed E-state index contributed by atoms with van der Waals surface area (Å²) in [6.07, 6.45) is 7.15. The van der Waals surface area contributed by atoms with E-state index in [4.69, 9.17) is 17.3 Å². The van der Waals surface area contributed by atoms with Gasteiger partial charge < -0.3 is 20.0 Å². The van der Waals surface area contributed by atoms with Crippen LogP contribution in [0.3, 0.4) is 0 Å². The molecule has 2 fully saturated rings. The van der Waals surface area contributed by atoms with Gasteiger partial charge in [-0.3, -0.25) is 9.69 Å². The van der Waals surface area contributed by atoms with Crippen molar-refractivity contribution in [3.63, 3.8) is 0 Å². The zero-order chi connectivity index (χ0) is 19.6. The molecule has 1 aliphatic heterocycles. The highest BCUT2D eigenvalue weighted by molar-refractivity contribution is 7.80. The Morgan fingerprint density at radius 1 is 1.30 bits per heavy atom. The summed E-state index contributed by atoms with van der Waals surface area (Å²) in [4.78, 5) is 18.3. The standard InChI is InChI=1S/C20H27N3O3S/c1-21(10-11-24)16-9-8-14(18(25)13-16)12-17-19(26)23(20(27)22(17)2)15-6-4-3-5-7-15/h8-9,12-13,15,24-25H,3-7,10-11H2,1-2H3/b17-12+. The van der Waals surface area contributed by atoms with E-state index >= 15 is 0 Å². The highest BCUT2D eigenvalue weighted by Gasteiger charge is 2.40. The Balaban J connectivity index is 1.85. The first-order valence-electron chi connectivity index (χ1n) is 9.42. The number of hydrogen-bond acceptors (Lipinski definition) is 5. The number of nitrogens with zero attached hydrogens (tertiary/aromatic N) is 3. The van der Waals surface area contributed by atoms with E-state index in [0.29, 0.717) is 22.9 Å². The van der Waals surface area contributed by atoms with Gasteiger partial charge in [0.25, 0.3) is 5.91 Å². The van der Waals surface area contributed by atoms with Crippen LogP contribution >= 0.6 is 12.2 Å². The number of anilines is 1. The van der Waals surface area contributed by atoms with Gasteiger partial charge in [0, 0.05) is 44.0 Å². The van der Waals surface area contributed by atoms with Crippen molar-refractivity contribution in [2.75, 3.05) is 32.1 Å². The average molecular weight is 390 g/mol. The maximum atomic E-state index is 13.0. The molecule has 0 bridgehead atoms. The lowest BCUT2D eigenvalue weighted by atomic mass is 9.94. The Kier molecular flexibility index (Phi) is 6.01. The SMILES string of the molecule is CN1C(=S)N(C2CCCCC2)C(=O)/C1=C\c1ccc(N(C)CCO)cc1O. The van der Waals surface area contributed by atoms with Crippen LogP contribution in [0.2, 0.25) is 0 Å². The Bertz CT molecular complexity index is 759. The zero-order valence-corrected chi connectivity index (χ0v) is 16.7. The van der Waals surface area contributed by atoms with E-state index < -0.39 is 0 Å². The average Bonchev–Trinajstić information content (AvgIpc) is 2.87. The number of aromatic hydroxyl groups is 1. The van der Waals surface area contributed by atoms with Crippen LogP contribution in [0.1, 0.15) is 37.7 Å². The number of carbonyl (C=O) groups is 1. The van der Waals surface area contributed by atoms with E-state index in [1.165, 1.54) is 6.42 Å². The fourth-order valence-corrected chi connectivity index (χ4v) is 4.09. The number of thiocarbonyl (C=S) groups is 1. The van der Waals surface area contributed by atoms with Crippen LogP contribution in [0.4, 0.5) is 5.69 Å². The van der Waals surface area contributed by atoms with Crippen molar-refractivity contribution in [1.29, 1.82) is 0 Å². The number of benzene rings is 1. The van der Waals surface area contributed by atoms with E-state index in [-0.39, 0.29) is 24.3 Å². The predicted octanol–water partition coefficient (Wildman–Crippen LogP) is 2.55. The topological polar surface area (TPSA) is 67.2 Å². The van der Waals surface area contributed by atoms with Crippen LogP contribution < -0.4 is 4.90 Å². The number of aliphatic hydroxyl groups excluding tert-OH is 1. The molecule has 1 saturated heterocycles. The number of phenolic OH excluding ortho intramolecular Hbond substituents is 1. The van der Waals surface area contributed by atoms with Crippen molar-refractivity contribution < 1.29 is 15.0 Å². The van der Waals surface area contributed by atoms with Gasteiger partial charge in [-0.1, -0.05) is 19.3 Å². The number of likely N-dealkylation sites (N-methyl/N-ethyl adjacent to an activating group) is 2. The molecule has 1 heterocycles. The molecule has 2 aliphatic rings. The molecule has 1 amide bonds. The lowest BCUT2D eigenvalue weighted by Gasteiger charge is -2.30. The molecule has 146 valence electrons. The number of hydrogen-bond donors (Lipinski definition) is 2. The second kappa shape index (κ2) is 8.27. The molecule has 1 saturated carbocycles. The Hall–Kier alpha value is -2.12. The maximum Gasteiger partial charge on any atom is 0.277 e. The third kappa shape index (κ3) is 3.94. The number of aliphatic hydroxyl groups is 1. The first kappa shape index (κ1) is 19.6. The van der Waals surface area contributed by atoms with E-state index in [2.05, 4.69) is 0 Å². The van der Waals surface area contributed by atoms with Crippen molar-refractivity contribution in [3.05, 3.63) is 29.5 Å². The monoisotopic (exact) mass is 389 g/mol. The summed E-state index contributed by atoms with van der Waals surface area (Å²) < 4.78 is 0. The van der Waals surface area contributed by atoms with Gasteiger partial charge in [-0.15, -0.1) is 0 Å². The molecule has 1 aromatic carbocycles. The van der Waals surface area contributed by atoms with Gasteiger partial charge in [-0.05, 0) is 43.3 Å². The molecular weight excluding hydrogens is 362 g/mol. The molecule has 2 N–H and O–H groups in total. The van der Waals surface area contributed by atoms with Crippen LogP contribution in [0, 0.1) is 0 Å². The molecule has 1 aromatic rings. The number of phenols is 1. The maximum absolute atomic E-state index is 13.0. The van der Waals surface area contributed by atoms with Crippen molar-refractivity contribution >= 4 is 35.0 Å². The first-order chi connectivity index (χ1) is 12.9. The van der Waals surface area contributed by atoms with E-state index in [1.807, 2.05) is 18.0 Å². The number of carbonyl (C=O) groups excluding carboxylic acids is 1. The van der Waals surface area contributed by atoms with E-state index in [0.717, 1.165) is 31.4 Å². The van der Waals surface area contributed by atoms with Crippen LogP contribution in [0.5, 0.6) is 5.75 Å². The Morgan fingerprint density at radius 2 is 2.00 bits per heavy atom. The summed E-state index contributed by atoms with van der Waals surface area (Å²) in [5.41, 5.74) is 1.85. The van der Waals surface area contributed by atoms with E-state index in [1.54, 1.807) is 35.1 Å². The number of amides is 1. The number of rotatable bonds is 5. The largest absolute Gasteiger partial charge is 0.507 e. The zero-order valence-electron chi connectivity index (χ0n) is 15.9. The second-order valence-electron chi connectivity index (χ2n) is 7.23. The minimum Gasteiger partial charge on any atom is -0.507 e. The highest BCUT2D eigenvalue weighted by Crippen LogP contribution is 2.32. The first-order valence-corrected chi connectivity index (χ1v) is 9.83. The van der Waals surface area contributed by atoms with Crippen molar-refractivity contribution in [1.82, 2.24) is 9.80 Å². The van der Waals surface area contributed by atoms with Crippen molar-refractivity contribution in [2.24, 2.45) is 0 Å². The van der Waals surface area contributed by atoms with Crippen molar-refractivity contribution in [3.8, 4) is 5.75 Å². The van der Waals surface area contributed by atoms with Crippen LogP contribution in [0.15, 0.2) is 23.9 Å². The Morgan fingerprint density at radius 3 is 2.63 bits per heavy atom. The fourth-order valence-electron chi connectivity index (χ4n) is 3.76. The van der Waals surface area contributed by atoms with Crippen LogP contribution in [-0.4, -0.2) is 64.3 Å². The van der Waals surface area contributed by atoms with Crippen LogP contribution in [0.25, 0.3) is 6.08 Å². The van der Waals surface area contributed by atoms with Gasteiger partial charge in [-0.25, -0.2) is 0 Å². The molecule has 7 heteroatoms. The molecule has 0 aromatic heterocycles. The molecule has 0 atom stereocenters. The molecule has 6 nitrogen and oxygen atoms in total. The summed E-state index contributed by atoms with van der Waals surface area (Å²) in [5, 5.41) is 20.0. The molecule has 27 heavy (non-hydrogen) atoms. The normalized spacial score (nSPS) is 20.0. The fraction of sp³-hybridized carbons (Fsp3) is 0.500. The van der Waals surface area contributed by atoms with E-state index in [9.17, 15) is 9.90 Å². The third-order valence-electron chi connectivity index (χ3n) is 5.41. The summed E-state index contributed by atoms with van der Waals surface area (Å²) in [7, 11) is 3.65. The molecular formula is C20H27N3O3S. The minimum absolute atomic E-state index is 0.0385. The molecule has 3 rings (SSSR count). The lowest BCUT2D eigenvalue weighted by molar-refractivity contribution is -0.124.